The predicted molar refractivity (Wildman–Crippen MR) is 181 cm³/mol. The fourth-order valence-electron chi connectivity index (χ4n) is 1.55. The van der Waals surface area contributed by atoms with Crippen LogP contribution in [-0.4, -0.2) is 65.4 Å². The largest absolute Gasteiger partial charge is 0.168 e. The van der Waals surface area contributed by atoms with Gasteiger partial charge < -0.3 is 0 Å². The molecule has 0 unspecified atom stereocenters. The fourth-order valence-corrected chi connectivity index (χ4v) is 17.2. The molecule has 0 nitrogen and oxygen atoms in total. The molecule has 28 heavy (non-hydrogen) atoms. The van der Waals surface area contributed by atoms with E-state index in [0.717, 1.165) is 47.8 Å². The Hall–Kier alpha value is 5.25. The normalized spacial score (nSPS) is 12.2. The van der Waals surface area contributed by atoms with E-state index in [0.29, 0.717) is 17.7 Å². The molecule has 0 aliphatic rings. The van der Waals surface area contributed by atoms with Gasteiger partial charge in [-0.05, 0) is 0 Å². The van der Waals surface area contributed by atoms with E-state index in [1.54, 1.807) is 0 Å². The Morgan fingerprint density at radius 2 is 0.571 bits per heavy atom. The maximum Gasteiger partial charge on any atom is 0.0957 e. The molecule has 0 spiro atoms. The van der Waals surface area contributed by atoms with Crippen molar-refractivity contribution in [2.45, 2.75) is 17.7 Å². The third kappa shape index (κ3) is 19.5. The zero-order valence-electron chi connectivity index (χ0n) is 15.0. The van der Waals surface area contributed by atoms with Crippen LogP contribution in [0.2, 0.25) is 0 Å². The molecule has 0 N–H and O–H groups in total. The average Bonchev–Trinajstić information content (AvgIpc) is 2.68. The number of thioether (sulfide) groups is 9. The average molecular weight is 665 g/mol. The van der Waals surface area contributed by atoms with Gasteiger partial charge in [0, 0.05) is 47.8 Å². The maximum atomic E-state index is 4.39. The molecule has 0 radical (unpaired) electrons. The van der Waals surface area contributed by atoms with E-state index >= 15 is 0 Å². The van der Waals surface area contributed by atoms with Crippen molar-refractivity contribution in [3.63, 3.8) is 0 Å². The highest BCUT2D eigenvalue weighted by atomic mass is 32.3. The maximum absolute atomic E-state index is 4.39. The fraction of sp³-hybridized carbons (Fsp3) is 1.00. The Bertz CT molecular complexity index is 257. The molecule has 0 atom stereocenters. The minimum atomic E-state index is 0.524. The van der Waals surface area contributed by atoms with Gasteiger partial charge in [0.25, 0.3) is 0 Å². The van der Waals surface area contributed by atoms with Crippen LogP contribution in [0.4, 0.5) is 0 Å². The van der Waals surface area contributed by atoms with Crippen LogP contribution in [0, 0.1) is 0 Å². The highest BCUT2D eigenvalue weighted by molar-refractivity contribution is 8.34. The number of hydrogen-bond acceptors (Lipinski definition) is 15. The monoisotopic (exact) mass is 664 g/mol. The summed E-state index contributed by atoms with van der Waals surface area (Å²) < 4.78 is 2.17. The molecule has 0 aromatic carbocycles. The summed E-state index contributed by atoms with van der Waals surface area (Å²) >= 11 is 44.0. The van der Waals surface area contributed by atoms with E-state index in [1.165, 1.54) is 0 Å². The van der Waals surface area contributed by atoms with E-state index < -0.39 is 0 Å². The van der Waals surface area contributed by atoms with Gasteiger partial charge in [-0.25, -0.2) is 0 Å². The lowest BCUT2D eigenvalue weighted by atomic mass is 10.9. The Balaban J connectivity index is 4.72. The number of thiol groups is 6. The van der Waals surface area contributed by atoms with E-state index in [1.807, 2.05) is 70.6 Å². The highest BCUT2D eigenvalue weighted by Crippen LogP contribution is 2.42. The molecule has 0 rings (SSSR count). The van der Waals surface area contributed by atoms with Crippen molar-refractivity contribution in [1.29, 1.82) is 0 Å². The smallest absolute Gasteiger partial charge is 0.0957 e. The highest BCUT2D eigenvalue weighted by Gasteiger charge is 2.20. The minimum Gasteiger partial charge on any atom is -0.168 e. The molecule has 0 heterocycles. The summed E-state index contributed by atoms with van der Waals surface area (Å²) in [5.41, 5.74) is 0. The second-order valence-corrected chi connectivity index (χ2v) is 21.2. The summed E-state index contributed by atoms with van der Waals surface area (Å²) in [7, 11) is 0. The minimum absolute atomic E-state index is 0.524. The van der Waals surface area contributed by atoms with E-state index in [-0.39, 0.29) is 0 Å². The number of hydrogen-bond donors (Lipinski definition) is 6. The van der Waals surface area contributed by atoms with Crippen LogP contribution in [0.5, 0.6) is 0 Å². The molecule has 0 aromatic rings. The molecule has 0 aliphatic carbocycles. The zero-order chi connectivity index (χ0) is 21.0. The molecule has 0 saturated carbocycles. The lowest BCUT2D eigenvalue weighted by Crippen LogP contribution is -2.10. The van der Waals surface area contributed by atoms with Crippen molar-refractivity contribution in [2.75, 3.05) is 47.8 Å². The van der Waals surface area contributed by atoms with Gasteiger partial charge in [0.2, 0.25) is 0 Å². The Kier molecular flexibility index (Phi) is 30.1. The summed E-state index contributed by atoms with van der Waals surface area (Å²) in [6, 6.07) is 0. The van der Waals surface area contributed by atoms with Crippen molar-refractivity contribution in [3.8, 4) is 0 Å². The van der Waals surface area contributed by atoms with Crippen LogP contribution in [0.3, 0.4) is 0 Å². The third-order valence-electron chi connectivity index (χ3n) is 2.67. The van der Waals surface area contributed by atoms with Gasteiger partial charge in [-0.15, -0.1) is 106 Å². The molecule has 0 bridgehead atoms. The molecular weight excluding hydrogens is 637 g/mol. The van der Waals surface area contributed by atoms with Crippen LogP contribution >= 0.6 is 182 Å². The van der Waals surface area contributed by atoms with E-state index in [4.69, 9.17) is 0 Å². The van der Waals surface area contributed by atoms with Crippen LogP contribution in [-0.2, 0) is 0 Å². The summed E-state index contributed by atoms with van der Waals surface area (Å²) in [4.78, 5) is 0. The van der Waals surface area contributed by atoms with Crippen LogP contribution in [0.1, 0.15) is 0 Å². The molecule has 0 amide bonds. The second-order valence-electron chi connectivity index (χ2n) is 4.35. The Morgan fingerprint density at radius 1 is 0.357 bits per heavy atom. The third-order valence-corrected chi connectivity index (χ3v) is 18.0. The van der Waals surface area contributed by atoms with Crippen molar-refractivity contribution >= 4 is 182 Å². The standard InChI is InChI=1S/C13H28S15/c14-4-23-10(24-5-15)1-20-13(21-2-11(25-6-16)26-7-17)22-3-12(27-8-18)28-9-19/h10-19H,1-9H2. The molecule has 15 heteroatoms. The summed E-state index contributed by atoms with van der Waals surface area (Å²) in [5.74, 6) is 3.36. The second kappa shape index (κ2) is 25.3. The Labute approximate surface area is 243 Å². The lowest BCUT2D eigenvalue weighted by molar-refractivity contribution is 1.42. The van der Waals surface area contributed by atoms with Crippen LogP contribution in [0.25, 0.3) is 0 Å². The predicted octanol–water partition coefficient (Wildman–Crippen LogP) is 8.17. The van der Waals surface area contributed by atoms with Gasteiger partial charge >= 0.3 is 0 Å². The molecule has 0 aliphatic heterocycles. The summed E-state index contributed by atoms with van der Waals surface area (Å²) in [5, 5.41) is 5.14. The van der Waals surface area contributed by atoms with E-state index in [2.05, 4.69) is 111 Å². The van der Waals surface area contributed by atoms with Gasteiger partial charge in [0.1, 0.15) is 0 Å². The Morgan fingerprint density at radius 3 is 0.750 bits per heavy atom. The quantitative estimate of drug-likeness (QED) is 0.0527. The van der Waals surface area contributed by atoms with Crippen molar-refractivity contribution in [2.24, 2.45) is 0 Å². The number of rotatable bonds is 21. The summed E-state index contributed by atoms with van der Waals surface area (Å²) in [6.07, 6.45) is 0. The molecule has 0 saturated heterocycles. The van der Waals surface area contributed by atoms with Crippen molar-refractivity contribution in [3.05, 3.63) is 0 Å². The van der Waals surface area contributed by atoms with Gasteiger partial charge in [-0.1, -0.05) is 0 Å². The van der Waals surface area contributed by atoms with E-state index in [9.17, 15) is 0 Å². The molecule has 170 valence electrons. The van der Waals surface area contributed by atoms with Gasteiger partial charge in [-0.3, -0.25) is 0 Å². The first-order valence-corrected chi connectivity index (χ1v) is 21.1. The molecule has 0 fully saturated rings. The SMILES string of the molecule is SCSC(CSC(SCC(SCS)SCS)SCC(SCS)SCS)SCS. The summed E-state index contributed by atoms with van der Waals surface area (Å²) in [6.45, 7) is 0. The van der Waals surface area contributed by atoms with Crippen LogP contribution < -0.4 is 0 Å². The lowest BCUT2D eigenvalue weighted by Gasteiger charge is -2.23. The molecular formula is C13H28S15. The van der Waals surface area contributed by atoms with Crippen molar-refractivity contribution < 1.29 is 0 Å². The van der Waals surface area contributed by atoms with Crippen molar-refractivity contribution in [1.82, 2.24) is 0 Å². The first-order chi connectivity index (χ1) is 13.6. The zero-order valence-corrected chi connectivity index (χ0v) is 27.7. The van der Waals surface area contributed by atoms with Gasteiger partial charge in [0.05, 0.1) is 17.7 Å². The first kappa shape index (κ1) is 33.2. The van der Waals surface area contributed by atoms with Gasteiger partial charge in [-0.2, -0.15) is 75.8 Å². The first-order valence-electron chi connectivity index (χ1n) is 7.84. The van der Waals surface area contributed by atoms with Gasteiger partial charge in [0.15, 0.2) is 0 Å². The van der Waals surface area contributed by atoms with Crippen LogP contribution in [0.15, 0.2) is 0 Å². The molecule has 0 aromatic heterocycles. The topological polar surface area (TPSA) is 0 Å².